The molecule has 0 radical (unpaired) electrons. The van der Waals surface area contributed by atoms with E-state index in [-0.39, 0.29) is 0 Å². The van der Waals surface area contributed by atoms with Crippen molar-refractivity contribution >= 4 is 0 Å². The first-order valence-corrected chi connectivity index (χ1v) is 4.94. The topological polar surface area (TPSA) is 0 Å². The first-order valence-electron chi connectivity index (χ1n) is 4.94. The van der Waals surface area contributed by atoms with Crippen LogP contribution in [0, 0.1) is 28.6 Å². The van der Waals surface area contributed by atoms with Gasteiger partial charge < -0.3 is 0 Å². The van der Waals surface area contributed by atoms with Crippen molar-refractivity contribution in [1.29, 1.82) is 0 Å². The minimum absolute atomic E-state index is 0.687. The van der Waals surface area contributed by atoms with Crippen LogP contribution >= 0.6 is 0 Å². The maximum atomic E-state index is 2.49. The zero-order chi connectivity index (χ0) is 8.44. The molecule has 0 N–H and O–H groups in total. The molecule has 0 heteroatoms. The molecule has 2 fully saturated rings. The van der Waals surface area contributed by atoms with Crippen LogP contribution in [0.4, 0.5) is 0 Å². The fourth-order valence-electron chi connectivity index (χ4n) is 4.12. The average molecular weight is 152 g/mol. The Morgan fingerprint density at radius 2 is 1.55 bits per heavy atom. The lowest BCUT2D eigenvalue weighted by Crippen LogP contribution is -2.71. The van der Waals surface area contributed by atoms with Crippen molar-refractivity contribution < 1.29 is 0 Å². The SMILES string of the molecule is CC1C(C)C2(C)C(C)CC12C. The van der Waals surface area contributed by atoms with Gasteiger partial charge in [0.2, 0.25) is 0 Å². The van der Waals surface area contributed by atoms with Gasteiger partial charge in [-0.25, -0.2) is 0 Å². The summed E-state index contributed by atoms with van der Waals surface area (Å²) in [5.41, 5.74) is 1.39. The van der Waals surface area contributed by atoms with Crippen molar-refractivity contribution in [1.82, 2.24) is 0 Å². The summed E-state index contributed by atoms with van der Waals surface area (Å²) in [6.45, 7) is 12.3. The molecule has 11 heavy (non-hydrogen) atoms. The van der Waals surface area contributed by atoms with E-state index in [1.54, 1.807) is 0 Å². The predicted molar refractivity (Wildman–Crippen MR) is 48.3 cm³/mol. The third kappa shape index (κ3) is 0.494. The van der Waals surface area contributed by atoms with Gasteiger partial charge in [0.1, 0.15) is 0 Å². The van der Waals surface area contributed by atoms with Crippen LogP contribution in [0.2, 0.25) is 0 Å². The summed E-state index contributed by atoms with van der Waals surface area (Å²) in [6, 6.07) is 0. The Morgan fingerprint density at radius 1 is 1.00 bits per heavy atom. The lowest BCUT2D eigenvalue weighted by Gasteiger charge is -2.77. The molecular formula is C11H20. The van der Waals surface area contributed by atoms with Gasteiger partial charge in [-0.3, -0.25) is 0 Å². The molecule has 0 amide bonds. The molecule has 5 atom stereocenters. The molecule has 0 nitrogen and oxygen atoms in total. The normalized spacial score (nSPS) is 67.9. The molecule has 64 valence electrons. The van der Waals surface area contributed by atoms with Crippen LogP contribution in [0.3, 0.4) is 0 Å². The highest BCUT2D eigenvalue weighted by Gasteiger charge is 2.71. The smallest absolute Gasteiger partial charge is 0.0215 e. The average Bonchev–Trinajstić information content (AvgIpc) is 2.00. The summed E-state index contributed by atoms with van der Waals surface area (Å²) in [4.78, 5) is 0. The summed E-state index contributed by atoms with van der Waals surface area (Å²) in [6.07, 6.45) is 1.47. The van der Waals surface area contributed by atoms with Crippen LogP contribution in [0.1, 0.15) is 41.0 Å². The first-order chi connectivity index (χ1) is 4.94. The predicted octanol–water partition coefficient (Wildman–Crippen LogP) is 3.32. The Hall–Kier alpha value is 0. The number of rotatable bonds is 0. The van der Waals surface area contributed by atoms with Crippen LogP contribution in [-0.4, -0.2) is 0 Å². The first kappa shape index (κ1) is 7.64. The van der Waals surface area contributed by atoms with Crippen LogP contribution in [0.15, 0.2) is 0 Å². The fourth-order valence-corrected chi connectivity index (χ4v) is 4.12. The van der Waals surface area contributed by atoms with E-state index in [1.807, 2.05) is 0 Å². The molecule has 5 unspecified atom stereocenters. The van der Waals surface area contributed by atoms with Gasteiger partial charge in [0.15, 0.2) is 0 Å². The van der Waals surface area contributed by atoms with E-state index in [0.29, 0.717) is 10.8 Å². The fraction of sp³-hybridized carbons (Fsp3) is 1.00. The van der Waals surface area contributed by atoms with E-state index in [0.717, 1.165) is 17.8 Å². The Balaban J connectivity index is 2.28. The van der Waals surface area contributed by atoms with Gasteiger partial charge in [-0.05, 0) is 35.0 Å². The zero-order valence-electron chi connectivity index (χ0n) is 8.44. The van der Waals surface area contributed by atoms with E-state index in [4.69, 9.17) is 0 Å². The van der Waals surface area contributed by atoms with E-state index < -0.39 is 0 Å². The maximum absolute atomic E-state index is 2.49. The Morgan fingerprint density at radius 3 is 1.82 bits per heavy atom. The van der Waals surface area contributed by atoms with Crippen molar-refractivity contribution in [2.75, 3.05) is 0 Å². The molecule has 0 saturated heterocycles. The molecule has 0 spiro atoms. The maximum Gasteiger partial charge on any atom is -0.0215 e. The molecule has 0 aromatic heterocycles. The molecule has 2 saturated carbocycles. The number of hydrogen-bond donors (Lipinski definition) is 0. The second-order valence-electron chi connectivity index (χ2n) is 5.38. The standard InChI is InChI=1S/C11H20/c1-7-6-10(4)8(2)9(3)11(7,10)5/h7-9H,6H2,1-5H3. The van der Waals surface area contributed by atoms with Gasteiger partial charge in [0.05, 0.1) is 0 Å². The van der Waals surface area contributed by atoms with Crippen LogP contribution in [-0.2, 0) is 0 Å². The van der Waals surface area contributed by atoms with Gasteiger partial charge in [-0.15, -0.1) is 0 Å². The summed E-state index contributed by atoms with van der Waals surface area (Å²) in [7, 11) is 0. The van der Waals surface area contributed by atoms with E-state index in [2.05, 4.69) is 34.6 Å². The van der Waals surface area contributed by atoms with Gasteiger partial charge in [0.25, 0.3) is 0 Å². The molecule has 0 heterocycles. The third-order valence-electron chi connectivity index (χ3n) is 5.69. The van der Waals surface area contributed by atoms with Crippen molar-refractivity contribution in [3.8, 4) is 0 Å². The molecule has 0 bridgehead atoms. The molecule has 2 rings (SSSR count). The van der Waals surface area contributed by atoms with E-state index >= 15 is 0 Å². The summed E-state index contributed by atoms with van der Waals surface area (Å²) in [5.74, 6) is 2.89. The Bertz CT molecular complexity index is 196. The molecular weight excluding hydrogens is 132 g/mol. The second-order valence-corrected chi connectivity index (χ2v) is 5.38. The van der Waals surface area contributed by atoms with Gasteiger partial charge in [-0.1, -0.05) is 34.6 Å². The van der Waals surface area contributed by atoms with E-state index in [9.17, 15) is 0 Å². The molecule has 2 aliphatic carbocycles. The Labute approximate surface area is 70.4 Å². The van der Waals surface area contributed by atoms with Crippen molar-refractivity contribution in [2.24, 2.45) is 28.6 Å². The quantitative estimate of drug-likeness (QED) is 0.499. The Kier molecular flexibility index (Phi) is 1.16. The van der Waals surface area contributed by atoms with Gasteiger partial charge in [0, 0.05) is 0 Å². The minimum Gasteiger partial charge on any atom is -0.0619 e. The highest BCUT2D eigenvalue weighted by atomic mass is 14.8. The number of hydrogen-bond acceptors (Lipinski definition) is 0. The highest BCUT2D eigenvalue weighted by Crippen LogP contribution is 2.77. The summed E-state index contributed by atoms with van der Waals surface area (Å²) in [5, 5.41) is 0. The van der Waals surface area contributed by atoms with Gasteiger partial charge >= 0.3 is 0 Å². The minimum atomic E-state index is 0.687. The summed E-state index contributed by atoms with van der Waals surface area (Å²) >= 11 is 0. The third-order valence-corrected chi connectivity index (χ3v) is 5.69. The zero-order valence-corrected chi connectivity index (χ0v) is 8.44. The van der Waals surface area contributed by atoms with Crippen LogP contribution in [0.25, 0.3) is 0 Å². The second kappa shape index (κ2) is 1.67. The molecule has 0 aliphatic heterocycles. The van der Waals surface area contributed by atoms with Crippen molar-refractivity contribution in [3.05, 3.63) is 0 Å². The van der Waals surface area contributed by atoms with Crippen molar-refractivity contribution in [3.63, 3.8) is 0 Å². The monoisotopic (exact) mass is 152 g/mol. The van der Waals surface area contributed by atoms with E-state index in [1.165, 1.54) is 6.42 Å². The number of fused-ring (bicyclic) bond motifs is 1. The lowest BCUT2D eigenvalue weighted by atomic mass is 9.27. The molecule has 2 aliphatic rings. The summed E-state index contributed by atoms with van der Waals surface area (Å²) < 4.78 is 0. The van der Waals surface area contributed by atoms with Crippen LogP contribution in [0.5, 0.6) is 0 Å². The lowest BCUT2D eigenvalue weighted by molar-refractivity contribution is -0.291. The highest BCUT2D eigenvalue weighted by molar-refractivity contribution is 5.19. The van der Waals surface area contributed by atoms with Crippen molar-refractivity contribution in [2.45, 2.75) is 41.0 Å². The van der Waals surface area contributed by atoms with Crippen LogP contribution < -0.4 is 0 Å². The largest absolute Gasteiger partial charge is 0.0619 e. The molecule has 0 aromatic carbocycles. The molecule has 0 aromatic rings. The van der Waals surface area contributed by atoms with Gasteiger partial charge in [-0.2, -0.15) is 0 Å².